The van der Waals surface area contributed by atoms with Crippen molar-refractivity contribution in [2.75, 3.05) is 5.32 Å². The average molecular weight is 299 g/mol. The zero-order valence-corrected chi connectivity index (χ0v) is 11.6. The van der Waals surface area contributed by atoms with Gasteiger partial charge in [-0.15, -0.1) is 11.3 Å². The topological polar surface area (TPSA) is 66.5 Å². The van der Waals surface area contributed by atoms with Gasteiger partial charge in [0.05, 0.1) is 0 Å². The van der Waals surface area contributed by atoms with E-state index in [9.17, 15) is 4.39 Å². The molecule has 0 amide bonds. The van der Waals surface area contributed by atoms with Crippen LogP contribution in [0.15, 0.2) is 43.0 Å². The maximum atomic E-state index is 14.0. The van der Waals surface area contributed by atoms with Gasteiger partial charge in [-0.2, -0.15) is 10.4 Å². The van der Waals surface area contributed by atoms with Gasteiger partial charge < -0.3 is 5.32 Å². The summed E-state index contributed by atoms with van der Waals surface area (Å²) in [7, 11) is 0. The van der Waals surface area contributed by atoms with Crippen molar-refractivity contribution >= 4 is 17.0 Å². The van der Waals surface area contributed by atoms with Gasteiger partial charge in [-0.3, -0.25) is 0 Å². The summed E-state index contributed by atoms with van der Waals surface area (Å²) in [5.41, 5.74) is 1.02. The van der Waals surface area contributed by atoms with Crippen molar-refractivity contribution in [3.63, 3.8) is 0 Å². The molecule has 0 atom stereocenters. The van der Waals surface area contributed by atoms with Crippen molar-refractivity contribution in [3.05, 3.63) is 58.6 Å². The molecule has 0 spiro atoms. The number of nitriles is 1. The smallest absolute Gasteiger partial charge is 0.150 e. The van der Waals surface area contributed by atoms with E-state index in [1.54, 1.807) is 18.2 Å². The van der Waals surface area contributed by atoms with Crippen LogP contribution < -0.4 is 5.32 Å². The number of hydrogen-bond donors (Lipinski definition) is 1. The van der Waals surface area contributed by atoms with Gasteiger partial charge in [0.1, 0.15) is 29.3 Å². The standard InChI is InChI=1S/C14H10FN5S/c15-13-5-10(1-4-14(13)20-9-17-8-19-20)18-7-12-3-2-11(6-16)21-12/h1-5,8-9,18H,7H2. The number of benzene rings is 1. The quantitative estimate of drug-likeness (QED) is 0.804. The Hall–Kier alpha value is -2.72. The van der Waals surface area contributed by atoms with Crippen molar-refractivity contribution in [1.82, 2.24) is 14.8 Å². The fourth-order valence-corrected chi connectivity index (χ4v) is 2.60. The number of aromatic nitrogens is 3. The van der Waals surface area contributed by atoms with Crippen LogP contribution >= 0.6 is 11.3 Å². The average Bonchev–Trinajstić information content (AvgIpc) is 3.16. The molecule has 0 saturated carbocycles. The van der Waals surface area contributed by atoms with Crippen LogP contribution in [0.25, 0.3) is 5.69 Å². The van der Waals surface area contributed by atoms with Crippen LogP contribution in [0.3, 0.4) is 0 Å². The third kappa shape index (κ3) is 2.90. The highest BCUT2D eigenvalue weighted by Gasteiger charge is 2.06. The lowest BCUT2D eigenvalue weighted by Gasteiger charge is -2.07. The van der Waals surface area contributed by atoms with E-state index < -0.39 is 0 Å². The molecule has 0 aliphatic heterocycles. The van der Waals surface area contributed by atoms with Gasteiger partial charge in [-0.05, 0) is 30.3 Å². The number of nitrogens with one attached hydrogen (secondary N) is 1. The predicted molar refractivity (Wildman–Crippen MR) is 77.7 cm³/mol. The van der Waals surface area contributed by atoms with E-state index in [0.29, 0.717) is 22.8 Å². The molecule has 1 N–H and O–H groups in total. The first-order valence-electron chi connectivity index (χ1n) is 6.13. The molecule has 0 unspecified atom stereocenters. The Morgan fingerprint density at radius 3 is 2.90 bits per heavy atom. The number of halogens is 1. The molecule has 21 heavy (non-hydrogen) atoms. The summed E-state index contributed by atoms with van der Waals surface area (Å²) >= 11 is 1.42. The Balaban J connectivity index is 1.72. The van der Waals surface area contributed by atoms with Gasteiger partial charge in [-0.25, -0.2) is 14.1 Å². The van der Waals surface area contributed by atoms with Crippen molar-refractivity contribution < 1.29 is 4.39 Å². The van der Waals surface area contributed by atoms with E-state index in [1.807, 2.05) is 6.07 Å². The summed E-state index contributed by atoms with van der Waals surface area (Å²) in [6.45, 7) is 0.550. The van der Waals surface area contributed by atoms with Crippen LogP contribution in [-0.4, -0.2) is 14.8 Å². The van der Waals surface area contributed by atoms with Gasteiger partial charge in [0, 0.05) is 17.1 Å². The SMILES string of the molecule is N#Cc1ccc(CNc2ccc(-n3cncn3)c(F)c2)s1. The molecule has 7 heteroatoms. The summed E-state index contributed by atoms with van der Waals surface area (Å²) in [6.07, 6.45) is 2.80. The van der Waals surface area contributed by atoms with Crippen LogP contribution in [0.4, 0.5) is 10.1 Å². The first-order chi connectivity index (χ1) is 10.3. The Kier molecular flexibility index (Phi) is 3.62. The summed E-state index contributed by atoms with van der Waals surface area (Å²) in [4.78, 5) is 5.48. The number of thiophene rings is 1. The Bertz CT molecular complexity index is 788. The van der Waals surface area contributed by atoms with E-state index >= 15 is 0 Å². The van der Waals surface area contributed by atoms with Crippen LogP contribution in [0.2, 0.25) is 0 Å². The Labute approximate surface area is 124 Å². The molecule has 3 aromatic rings. The summed E-state index contributed by atoms with van der Waals surface area (Å²) in [5, 5.41) is 15.8. The van der Waals surface area contributed by atoms with Gasteiger partial charge in [-0.1, -0.05) is 0 Å². The summed E-state index contributed by atoms with van der Waals surface area (Å²) < 4.78 is 15.4. The van der Waals surface area contributed by atoms with E-state index in [4.69, 9.17) is 5.26 Å². The molecule has 3 rings (SSSR count). The predicted octanol–water partition coefficient (Wildman–Crippen LogP) is 2.95. The van der Waals surface area contributed by atoms with Crippen molar-refractivity contribution in [1.29, 1.82) is 5.26 Å². The lowest BCUT2D eigenvalue weighted by Crippen LogP contribution is -2.01. The Morgan fingerprint density at radius 2 is 2.24 bits per heavy atom. The van der Waals surface area contributed by atoms with E-state index in [0.717, 1.165) is 4.88 Å². The number of hydrogen-bond acceptors (Lipinski definition) is 5. The minimum absolute atomic E-state index is 0.348. The molecule has 2 aromatic heterocycles. The van der Waals surface area contributed by atoms with Gasteiger partial charge in [0.25, 0.3) is 0 Å². The zero-order valence-electron chi connectivity index (χ0n) is 10.8. The van der Waals surface area contributed by atoms with Crippen molar-refractivity contribution in [2.24, 2.45) is 0 Å². The van der Waals surface area contributed by atoms with E-state index in [2.05, 4.69) is 21.5 Å². The van der Waals surface area contributed by atoms with Crippen molar-refractivity contribution in [3.8, 4) is 11.8 Å². The van der Waals surface area contributed by atoms with E-state index in [-0.39, 0.29) is 5.82 Å². The maximum Gasteiger partial charge on any atom is 0.150 e. The first kappa shape index (κ1) is 13.3. The lowest BCUT2D eigenvalue weighted by molar-refractivity contribution is 0.611. The minimum Gasteiger partial charge on any atom is -0.380 e. The highest BCUT2D eigenvalue weighted by Crippen LogP contribution is 2.20. The van der Waals surface area contributed by atoms with Gasteiger partial charge in [0.15, 0.2) is 5.82 Å². The highest BCUT2D eigenvalue weighted by molar-refractivity contribution is 7.12. The molecule has 5 nitrogen and oxygen atoms in total. The van der Waals surface area contributed by atoms with Crippen LogP contribution in [0, 0.1) is 17.1 Å². The summed E-state index contributed by atoms with van der Waals surface area (Å²) in [6, 6.07) is 10.6. The molecule has 0 radical (unpaired) electrons. The van der Waals surface area contributed by atoms with Crippen LogP contribution in [0.5, 0.6) is 0 Å². The fourth-order valence-electron chi connectivity index (χ4n) is 1.86. The number of anilines is 1. The van der Waals surface area contributed by atoms with Crippen molar-refractivity contribution in [2.45, 2.75) is 6.54 Å². The second-order valence-electron chi connectivity index (χ2n) is 4.24. The molecule has 1 aromatic carbocycles. The fraction of sp³-hybridized carbons (Fsp3) is 0.0714. The first-order valence-corrected chi connectivity index (χ1v) is 6.95. The second kappa shape index (κ2) is 5.73. The number of rotatable bonds is 4. The highest BCUT2D eigenvalue weighted by atomic mass is 32.1. The molecule has 0 aliphatic rings. The molecule has 0 bridgehead atoms. The third-order valence-corrected chi connectivity index (χ3v) is 3.84. The molecule has 0 fully saturated rings. The second-order valence-corrected chi connectivity index (χ2v) is 5.41. The van der Waals surface area contributed by atoms with E-state index in [1.165, 1.54) is 34.7 Å². The molecule has 2 heterocycles. The monoisotopic (exact) mass is 299 g/mol. The lowest BCUT2D eigenvalue weighted by atomic mass is 10.2. The molecule has 104 valence electrons. The largest absolute Gasteiger partial charge is 0.380 e. The van der Waals surface area contributed by atoms with Crippen LogP contribution in [-0.2, 0) is 6.54 Å². The maximum absolute atomic E-state index is 14.0. The van der Waals surface area contributed by atoms with Gasteiger partial charge >= 0.3 is 0 Å². The third-order valence-electron chi connectivity index (χ3n) is 2.85. The minimum atomic E-state index is -0.380. The molecule has 0 aliphatic carbocycles. The summed E-state index contributed by atoms with van der Waals surface area (Å²) in [5.74, 6) is -0.380. The number of nitrogens with zero attached hydrogens (tertiary/aromatic N) is 4. The molecule has 0 saturated heterocycles. The normalized spacial score (nSPS) is 10.3. The molecular weight excluding hydrogens is 289 g/mol. The zero-order chi connectivity index (χ0) is 14.7. The Morgan fingerprint density at radius 1 is 1.33 bits per heavy atom. The molecular formula is C14H10FN5S. The van der Waals surface area contributed by atoms with Gasteiger partial charge in [0.2, 0.25) is 0 Å². The van der Waals surface area contributed by atoms with Crippen LogP contribution in [0.1, 0.15) is 9.75 Å².